The van der Waals surface area contributed by atoms with Crippen molar-refractivity contribution in [2.45, 2.75) is 6.54 Å². The van der Waals surface area contributed by atoms with Crippen LogP contribution in [0.25, 0.3) is 21.7 Å². The Balaban J connectivity index is 1.47. The maximum atomic E-state index is 12.4. The molecule has 2 amide bonds. The molecule has 8 heteroatoms. The number of benzene rings is 2. The molecule has 0 bridgehead atoms. The number of aromatic nitrogens is 3. The van der Waals surface area contributed by atoms with Crippen molar-refractivity contribution in [2.24, 2.45) is 7.05 Å². The number of para-hydroxylation sites is 1. The third-order valence-electron chi connectivity index (χ3n) is 4.51. The quantitative estimate of drug-likeness (QED) is 0.528. The first-order chi connectivity index (χ1) is 13.5. The van der Waals surface area contributed by atoms with Crippen LogP contribution in [0.1, 0.15) is 10.4 Å². The van der Waals surface area contributed by atoms with Crippen LogP contribution in [0.15, 0.2) is 65.7 Å². The van der Waals surface area contributed by atoms with Gasteiger partial charge in [-0.2, -0.15) is 5.10 Å². The van der Waals surface area contributed by atoms with Crippen LogP contribution in [-0.4, -0.2) is 26.2 Å². The zero-order valence-electron chi connectivity index (χ0n) is 15.0. The summed E-state index contributed by atoms with van der Waals surface area (Å²) in [5.74, 6) is -0.998. The highest BCUT2D eigenvalue weighted by Crippen LogP contribution is 2.19. The molecule has 28 heavy (non-hydrogen) atoms. The Bertz CT molecular complexity index is 1270. The highest BCUT2D eigenvalue weighted by molar-refractivity contribution is 6.07. The first-order valence-corrected chi connectivity index (χ1v) is 8.63. The zero-order chi connectivity index (χ0) is 19.7. The fourth-order valence-corrected chi connectivity index (χ4v) is 3.13. The minimum absolute atomic E-state index is 0.306. The molecule has 0 saturated heterocycles. The predicted octanol–water partition coefficient (Wildman–Crippen LogP) is 1.35. The van der Waals surface area contributed by atoms with Crippen LogP contribution in [0.4, 0.5) is 0 Å². The summed E-state index contributed by atoms with van der Waals surface area (Å²) in [7, 11) is 1.84. The minimum Gasteiger partial charge on any atom is -0.350 e. The Kier molecular flexibility index (Phi) is 4.36. The van der Waals surface area contributed by atoms with Crippen molar-refractivity contribution in [3.63, 3.8) is 0 Å². The largest absolute Gasteiger partial charge is 0.350 e. The molecule has 0 aliphatic heterocycles. The average molecular weight is 375 g/mol. The molecule has 0 spiro atoms. The Labute approximate surface area is 159 Å². The van der Waals surface area contributed by atoms with E-state index < -0.39 is 11.8 Å². The van der Waals surface area contributed by atoms with E-state index in [9.17, 15) is 14.4 Å². The summed E-state index contributed by atoms with van der Waals surface area (Å²) >= 11 is 0. The molecule has 0 fully saturated rings. The molecule has 4 rings (SSSR count). The van der Waals surface area contributed by atoms with Gasteiger partial charge in [-0.05, 0) is 12.1 Å². The standard InChI is InChI=1S/C20H17N5O3/c1-24-11-16(15-8-4-5-9-17(15)24)19(27)23-22-18(26)12-25-20(28)14-7-3-2-6-13(14)10-21-25/h2-11H,12H2,1H3,(H,22,26)(H,23,27). The Hall–Kier alpha value is -3.94. The van der Waals surface area contributed by atoms with Crippen molar-refractivity contribution in [3.8, 4) is 0 Å². The van der Waals surface area contributed by atoms with Crippen molar-refractivity contribution in [3.05, 3.63) is 76.8 Å². The van der Waals surface area contributed by atoms with Gasteiger partial charge in [-0.1, -0.05) is 36.4 Å². The number of hydrogen-bond donors (Lipinski definition) is 2. The summed E-state index contributed by atoms with van der Waals surface area (Å²) in [5, 5.41) is 5.96. The molecule has 0 aliphatic rings. The van der Waals surface area contributed by atoms with Gasteiger partial charge in [-0.15, -0.1) is 0 Å². The Morgan fingerprint density at radius 3 is 2.54 bits per heavy atom. The molecule has 2 heterocycles. The van der Waals surface area contributed by atoms with Crippen LogP contribution in [-0.2, 0) is 18.4 Å². The van der Waals surface area contributed by atoms with E-state index in [-0.39, 0.29) is 12.1 Å². The number of carbonyl (C=O) groups is 2. The van der Waals surface area contributed by atoms with Gasteiger partial charge in [0, 0.05) is 29.5 Å². The van der Waals surface area contributed by atoms with E-state index in [1.54, 1.807) is 24.4 Å². The summed E-state index contributed by atoms with van der Waals surface area (Å²) < 4.78 is 2.90. The van der Waals surface area contributed by atoms with Gasteiger partial charge in [0.05, 0.1) is 17.1 Å². The van der Waals surface area contributed by atoms with E-state index in [1.165, 1.54) is 6.20 Å². The van der Waals surface area contributed by atoms with Crippen molar-refractivity contribution in [1.29, 1.82) is 0 Å². The third-order valence-corrected chi connectivity index (χ3v) is 4.51. The SMILES string of the molecule is Cn1cc(C(=O)NNC(=O)Cn2ncc3ccccc3c2=O)c2ccccc21. The van der Waals surface area contributed by atoms with Gasteiger partial charge >= 0.3 is 0 Å². The van der Waals surface area contributed by atoms with E-state index >= 15 is 0 Å². The van der Waals surface area contributed by atoms with E-state index in [0.717, 1.165) is 15.6 Å². The molecular formula is C20H17N5O3. The molecule has 4 aromatic rings. The van der Waals surface area contributed by atoms with E-state index in [0.29, 0.717) is 16.3 Å². The van der Waals surface area contributed by atoms with Crippen molar-refractivity contribution >= 4 is 33.5 Å². The number of nitrogens with one attached hydrogen (secondary N) is 2. The van der Waals surface area contributed by atoms with E-state index in [2.05, 4.69) is 16.0 Å². The number of fused-ring (bicyclic) bond motifs is 2. The number of aryl methyl sites for hydroxylation is 1. The molecule has 0 unspecified atom stereocenters. The van der Waals surface area contributed by atoms with E-state index in [4.69, 9.17) is 0 Å². The fourth-order valence-electron chi connectivity index (χ4n) is 3.13. The first-order valence-electron chi connectivity index (χ1n) is 8.63. The molecule has 140 valence electrons. The van der Waals surface area contributed by atoms with Gasteiger partial charge in [-0.3, -0.25) is 25.2 Å². The monoisotopic (exact) mass is 375 g/mol. The maximum Gasteiger partial charge on any atom is 0.275 e. The molecule has 2 aromatic carbocycles. The topological polar surface area (TPSA) is 98.0 Å². The number of hydrazine groups is 1. The lowest BCUT2D eigenvalue weighted by molar-refractivity contribution is -0.122. The van der Waals surface area contributed by atoms with Gasteiger partial charge < -0.3 is 4.57 Å². The van der Waals surface area contributed by atoms with E-state index in [1.807, 2.05) is 41.9 Å². The van der Waals surface area contributed by atoms with Crippen LogP contribution >= 0.6 is 0 Å². The lowest BCUT2D eigenvalue weighted by Gasteiger charge is -2.08. The maximum absolute atomic E-state index is 12.4. The van der Waals surface area contributed by atoms with Crippen molar-refractivity contribution in [2.75, 3.05) is 0 Å². The average Bonchev–Trinajstić information content (AvgIpc) is 3.05. The van der Waals surface area contributed by atoms with Gasteiger partial charge in [-0.25, -0.2) is 4.68 Å². The number of hydrogen-bond acceptors (Lipinski definition) is 4. The summed E-state index contributed by atoms with van der Waals surface area (Å²) in [6, 6.07) is 14.5. The predicted molar refractivity (Wildman–Crippen MR) is 105 cm³/mol. The molecule has 2 N–H and O–H groups in total. The Morgan fingerprint density at radius 1 is 1.00 bits per heavy atom. The molecule has 0 aliphatic carbocycles. The number of carbonyl (C=O) groups excluding carboxylic acids is 2. The summed E-state index contributed by atoms with van der Waals surface area (Å²) in [5.41, 5.74) is 5.70. The minimum atomic E-state index is -0.557. The van der Waals surface area contributed by atoms with Crippen LogP contribution in [0, 0.1) is 0 Å². The van der Waals surface area contributed by atoms with Crippen LogP contribution in [0.2, 0.25) is 0 Å². The highest BCUT2D eigenvalue weighted by Gasteiger charge is 2.15. The highest BCUT2D eigenvalue weighted by atomic mass is 16.2. The second-order valence-electron chi connectivity index (χ2n) is 6.37. The van der Waals surface area contributed by atoms with Crippen LogP contribution in [0.3, 0.4) is 0 Å². The summed E-state index contributed by atoms with van der Waals surface area (Å²) in [6.45, 7) is -0.306. The molecule has 0 atom stereocenters. The van der Waals surface area contributed by atoms with Gasteiger partial charge in [0.2, 0.25) is 0 Å². The number of nitrogens with zero attached hydrogens (tertiary/aromatic N) is 3. The second kappa shape index (κ2) is 6.99. The molecular weight excluding hydrogens is 358 g/mol. The molecule has 0 saturated carbocycles. The van der Waals surface area contributed by atoms with Gasteiger partial charge in [0.25, 0.3) is 17.4 Å². The molecule has 8 nitrogen and oxygen atoms in total. The molecule has 0 radical (unpaired) electrons. The lowest BCUT2D eigenvalue weighted by atomic mass is 10.2. The second-order valence-corrected chi connectivity index (χ2v) is 6.37. The smallest absolute Gasteiger partial charge is 0.275 e. The van der Waals surface area contributed by atoms with Gasteiger partial charge in [0.15, 0.2) is 0 Å². The lowest BCUT2D eigenvalue weighted by Crippen LogP contribution is -2.44. The number of rotatable bonds is 3. The normalized spacial score (nSPS) is 10.9. The van der Waals surface area contributed by atoms with Crippen LogP contribution < -0.4 is 16.4 Å². The van der Waals surface area contributed by atoms with Crippen LogP contribution in [0.5, 0.6) is 0 Å². The molecule has 2 aromatic heterocycles. The number of amides is 2. The van der Waals surface area contributed by atoms with Gasteiger partial charge in [0.1, 0.15) is 6.54 Å². The zero-order valence-corrected chi connectivity index (χ0v) is 15.0. The summed E-state index contributed by atoms with van der Waals surface area (Å²) in [4.78, 5) is 37.0. The fraction of sp³-hybridized carbons (Fsp3) is 0.100. The van der Waals surface area contributed by atoms with Crippen molar-refractivity contribution < 1.29 is 9.59 Å². The first kappa shape index (κ1) is 17.5. The Morgan fingerprint density at radius 2 is 1.71 bits per heavy atom. The third kappa shape index (κ3) is 3.11. The summed E-state index contributed by atoms with van der Waals surface area (Å²) in [6.07, 6.45) is 3.22. The van der Waals surface area contributed by atoms with Crippen molar-refractivity contribution in [1.82, 2.24) is 25.2 Å².